The predicted octanol–water partition coefficient (Wildman–Crippen LogP) is 4.51. The quantitative estimate of drug-likeness (QED) is 0.277. The molecule has 1 rings (SSSR count). The van der Waals surface area contributed by atoms with Gasteiger partial charge in [0.1, 0.15) is 0 Å². The predicted molar refractivity (Wildman–Crippen MR) is 87.2 cm³/mol. The highest BCUT2D eigenvalue weighted by molar-refractivity contribution is 7.11. The molecule has 0 aromatic carbocycles. The number of nitrogens with zero attached hydrogens (tertiary/aromatic N) is 1. The van der Waals surface area contributed by atoms with Crippen LogP contribution >= 0.6 is 11.3 Å². The van der Waals surface area contributed by atoms with Gasteiger partial charge in [-0.25, -0.2) is 5.43 Å². The average molecular weight is 292 g/mol. The fourth-order valence-corrected chi connectivity index (χ4v) is 2.45. The van der Waals surface area contributed by atoms with E-state index in [1.54, 1.807) is 17.6 Å². The Morgan fingerprint density at radius 1 is 1.25 bits per heavy atom. The van der Waals surface area contributed by atoms with Crippen LogP contribution in [0.2, 0.25) is 0 Å². The average Bonchev–Trinajstić information content (AvgIpc) is 2.95. The van der Waals surface area contributed by atoms with E-state index in [-0.39, 0.29) is 5.91 Å². The first-order valence-corrected chi connectivity index (χ1v) is 8.17. The number of thiophene rings is 1. The van der Waals surface area contributed by atoms with Crippen LogP contribution < -0.4 is 5.43 Å². The minimum Gasteiger partial charge on any atom is -0.273 e. The summed E-state index contributed by atoms with van der Waals surface area (Å²) in [5.41, 5.74) is 2.57. The Hall–Kier alpha value is -1.42. The minimum atomic E-state index is 0.00413. The SMILES string of the molecule is C=CCCCCCCCCC(=O)NN=Cc1cccs1. The molecule has 0 unspecified atom stereocenters. The number of carbonyl (C=O) groups excluding carboxylic acids is 1. The fraction of sp³-hybridized carbons (Fsp3) is 0.500. The van der Waals surface area contributed by atoms with Gasteiger partial charge in [0.2, 0.25) is 5.91 Å². The number of nitrogens with one attached hydrogen (secondary N) is 1. The molecule has 4 heteroatoms. The third-order valence-electron chi connectivity index (χ3n) is 2.99. The highest BCUT2D eigenvalue weighted by Crippen LogP contribution is 2.08. The molecular weight excluding hydrogens is 268 g/mol. The number of amides is 1. The number of allylic oxidation sites excluding steroid dienone is 1. The topological polar surface area (TPSA) is 41.5 Å². The summed E-state index contributed by atoms with van der Waals surface area (Å²) in [4.78, 5) is 12.6. The van der Waals surface area contributed by atoms with Crippen molar-refractivity contribution >= 4 is 23.5 Å². The number of unbranched alkanes of at least 4 members (excludes halogenated alkanes) is 6. The summed E-state index contributed by atoms with van der Waals surface area (Å²) in [6.07, 6.45) is 12.4. The van der Waals surface area contributed by atoms with Gasteiger partial charge in [0.15, 0.2) is 0 Å². The first-order valence-electron chi connectivity index (χ1n) is 7.29. The number of carbonyl (C=O) groups is 1. The molecule has 0 atom stereocenters. The molecule has 110 valence electrons. The molecule has 0 spiro atoms. The maximum atomic E-state index is 11.5. The first kappa shape index (κ1) is 16.6. The van der Waals surface area contributed by atoms with E-state index in [2.05, 4.69) is 17.1 Å². The van der Waals surface area contributed by atoms with Gasteiger partial charge in [-0.05, 0) is 30.7 Å². The van der Waals surface area contributed by atoms with Gasteiger partial charge in [-0.3, -0.25) is 4.79 Å². The number of hydrogen-bond acceptors (Lipinski definition) is 3. The second-order valence-corrected chi connectivity index (χ2v) is 5.74. The second-order valence-electron chi connectivity index (χ2n) is 4.76. The molecule has 0 saturated carbocycles. The maximum Gasteiger partial charge on any atom is 0.240 e. The van der Waals surface area contributed by atoms with Crippen molar-refractivity contribution in [1.82, 2.24) is 5.43 Å². The number of hydrogen-bond donors (Lipinski definition) is 1. The third kappa shape index (κ3) is 8.64. The van der Waals surface area contributed by atoms with Crippen LogP contribution in [0.4, 0.5) is 0 Å². The second kappa shape index (κ2) is 11.4. The van der Waals surface area contributed by atoms with Gasteiger partial charge in [-0.1, -0.05) is 37.8 Å². The van der Waals surface area contributed by atoms with Gasteiger partial charge in [-0.2, -0.15) is 5.10 Å². The highest BCUT2D eigenvalue weighted by atomic mass is 32.1. The Kier molecular flexibility index (Phi) is 9.49. The van der Waals surface area contributed by atoms with E-state index in [4.69, 9.17) is 0 Å². The molecule has 1 aromatic heterocycles. The molecule has 1 aromatic rings. The van der Waals surface area contributed by atoms with E-state index in [1.807, 2.05) is 23.6 Å². The molecule has 1 amide bonds. The third-order valence-corrected chi connectivity index (χ3v) is 3.79. The van der Waals surface area contributed by atoms with Crippen LogP contribution in [0.25, 0.3) is 0 Å². The summed E-state index contributed by atoms with van der Waals surface area (Å²) in [5.74, 6) is 0.00413. The van der Waals surface area contributed by atoms with E-state index >= 15 is 0 Å². The van der Waals surface area contributed by atoms with Crippen LogP contribution in [0.5, 0.6) is 0 Å². The standard InChI is InChI=1S/C16H24N2OS/c1-2-3-4-5-6-7-8-9-12-16(19)18-17-14-15-11-10-13-20-15/h2,10-11,13-14H,1,3-9,12H2,(H,18,19). The van der Waals surface area contributed by atoms with E-state index < -0.39 is 0 Å². The van der Waals surface area contributed by atoms with Crippen molar-refractivity contribution in [2.45, 2.75) is 51.4 Å². The molecule has 0 bridgehead atoms. The number of hydrazone groups is 1. The monoisotopic (exact) mass is 292 g/mol. The molecule has 0 aliphatic rings. The molecule has 1 heterocycles. The summed E-state index contributed by atoms with van der Waals surface area (Å²) in [7, 11) is 0. The largest absolute Gasteiger partial charge is 0.273 e. The van der Waals surface area contributed by atoms with Crippen molar-refractivity contribution in [3.05, 3.63) is 35.0 Å². The van der Waals surface area contributed by atoms with Crippen LogP contribution in [0.3, 0.4) is 0 Å². The van der Waals surface area contributed by atoms with Gasteiger partial charge in [-0.15, -0.1) is 17.9 Å². The Morgan fingerprint density at radius 2 is 2.00 bits per heavy atom. The van der Waals surface area contributed by atoms with E-state index in [0.29, 0.717) is 6.42 Å². The molecule has 0 saturated heterocycles. The summed E-state index contributed by atoms with van der Waals surface area (Å²) in [6.45, 7) is 3.71. The lowest BCUT2D eigenvalue weighted by Gasteiger charge is -2.01. The summed E-state index contributed by atoms with van der Waals surface area (Å²) >= 11 is 1.60. The molecule has 0 aliphatic carbocycles. The first-order chi connectivity index (χ1) is 9.83. The van der Waals surface area contributed by atoms with Crippen molar-refractivity contribution in [2.75, 3.05) is 0 Å². The Bertz CT molecular complexity index is 399. The molecule has 0 fully saturated rings. The van der Waals surface area contributed by atoms with Crippen LogP contribution in [0, 0.1) is 0 Å². The van der Waals surface area contributed by atoms with Crippen molar-refractivity contribution in [3.63, 3.8) is 0 Å². The van der Waals surface area contributed by atoms with Crippen LogP contribution in [0.1, 0.15) is 56.2 Å². The van der Waals surface area contributed by atoms with Gasteiger partial charge >= 0.3 is 0 Å². The van der Waals surface area contributed by atoms with E-state index in [0.717, 1.165) is 24.1 Å². The summed E-state index contributed by atoms with van der Waals surface area (Å²) < 4.78 is 0. The van der Waals surface area contributed by atoms with E-state index in [1.165, 1.54) is 25.7 Å². The fourth-order valence-electron chi connectivity index (χ4n) is 1.87. The van der Waals surface area contributed by atoms with Crippen LogP contribution in [-0.2, 0) is 4.79 Å². The molecule has 20 heavy (non-hydrogen) atoms. The Balaban J connectivity index is 1.94. The van der Waals surface area contributed by atoms with Crippen molar-refractivity contribution < 1.29 is 4.79 Å². The molecule has 3 nitrogen and oxygen atoms in total. The molecule has 0 radical (unpaired) electrons. The summed E-state index contributed by atoms with van der Waals surface area (Å²) in [5, 5.41) is 5.92. The van der Waals surface area contributed by atoms with Crippen molar-refractivity contribution in [2.24, 2.45) is 5.10 Å². The molecular formula is C16H24N2OS. The lowest BCUT2D eigenvalue weighted by atomic mass is 10.1. The van der Waals surface area contributed by atoms with Crippen molar-refractivity contribution in [1.29, 1.82) is 0 Å². The zero-order chi connectivity index (χ0) is 14.5. The number of rotatable bonds is 11. The van der Waals surface area contributed by atoms with Gasteiger partial charge in [0.25, 0.3) is 0 Å². The van der Waals surface area contributed by atoms with Gasteiger partial charge < -0.3 is 0 Å². The minimum absolute atomic E-state index is 0.00413. The van der Waals surface area contributed by atoms with Crippen LogP contribution in [0.15, 0.2) is 35.3 Å². The smallest absolute Gasteiger partial charge is 0.240 e. The van der Waals surface area contributed by atoms with Crippen LogP contribution in [-0.4, -0.2) is 12.1 Å². The van der Waals surface area contributed by atoms with Gasteiger partial charge in [0, 0.05) is 11.3 Å². The molecule has 0 aliphatic heterocycles. The Morgan fingerprint density at radius 3 is 2.70 bits per heavy atom. The lowest BCUT2D eigenvalue weighted by molar-refractivity contribution is -0.121. The highest BCUT2D eigenvalue weighted by Gasteiger charge is 1.99. The zero-order valence-corrected chi connectivity index (χ0v) is 12.8. The normalized spacial score (nSPS) is 10.8. The van der Waals surface area contributed by atoms with Crippen molar-refractivity contribution in [3.8, 4) is 0 Å². The zero-order valence-electron chi connectivity index (χ0n) is 12.0. The maximum absolute atomic E-state index is 11.5. The van der Waals surface area contributed by atoms with Gasteiger partial charge in [0.05, 0.1) is 6.21 Å². The molecule has 1 N–H and O–H groups in total. The van der Waals surface area contributed by atoms with E-state index in [9.17, 15) is 4.79 Å². The summed E-state index contributed by atoms with van der Waals surface area (Å²) in [6, 6.07) is 3.93. The lowest BCUT2D eigenvalue weighted by Crippen LogP contribution is -2.16. The Labute approximate surface area is 125 Å².